The molecule has 0 spiro atoms. The number of halogens is 1. The van der Waals surface area contributed by atoms with Crippen molar-refractivity contribution in [3.05, 3.63) is 28.7 Å². The van der Waals surface area contributed by atoms with Crippen molar-refractivity contribution < 1.29 is 4.79 Å². The minimum atomic E-state index is 0.101. The Bertz CT molecular complexity index is 586. The lowest BCUT2D eigenvalue weighted by atomic mass is 9.94. The lowest BCUT2D eigenvalue weighted by Crippen LogP contribution is -2.43. The molecule has 26 heavy (non-hydrogen) atoms. The van der Waals surface area contributed by atoms with E-state index in [9.17, 15) is 4.79 Å². The van der Waals surface area contributed by atoms with Crippen molar-refractivity contribution in [3.8, 4) is 0 Å². The Morgan fingerprint density at radius 1 is 1.15 bits per heavy atom. The van der Waals surface area contributed by atoms with Gasteiger partial charge in [-0.1, -0.05) is 19.1 Å². The van der Waals surface area contributed by atoms with E-state index in [0.717, 1.165) is 41.6 Å². The Morgan fingerprint density at radius 2 is 1.92 bits per heavy atom. The van der Waals surface area contributed by atoms with Crippen LogP contribution >= 0.6 is 15.9 Å². The van der Waals surface area contributed by atoms with Crippen molar-refractivity contribution in [2.24, 2.45) is 11.8 Å². The molecule has 2 aliphatic rings. The highest BCUT2D eigenvalue weighted by atomic mass is 79.9. The summed E-state index contributed by atoms with van der Waals surface area (Å²) in [6.45, 7) is 9.30. The summed E-state index contributed by atoms with van der Waals surface area (Å²) in [5.41, 5.74) is 0.855. The van der Waals surface area contributed by atoms with Crippen LogP contribution in [0.15, 0.2) is 28.7 Å². The zero-order valence-electron chi connectivity index (χ0n) is 15.9. The molecule has 144 valence electrons. The number of piperidine rings is 2. The van der Waals surface area contributed by atoms with E-state index in [1.54, 1.807) is 0 Å². The zero-order valence-corrected chi connectivity index (χ0v) is 17.5. The van der Waals surface area contributed by atoms with Gasteiger partial charge in [0.1, 0.15) is 0 Å². The molecule has 0 saturated carbocycles. The number of carbonyl (C=O) groups excluding carboxylic acids is 1. The fourth-order valence-corrected chi connectivity index (χ4v) is 4.53. The van der Waals surface area contributed by atoms with Crippen molar-refractivity contribution in [1.29, 1.82) is 0 Å². The van der Waals surface area contributed by atoms with Gasteiger partial charge in [-0.05, 0) is 85.2 Å². The first kappa shape index (κ1) is 19.8. The van der Waals surface area contributed by atoms with Crippen molar-refractivity contribution in [3.63, 3.8) is 0 Å². The third-order valence-electron chi connectivity index (χ3n) is 5.80. The Morgan fingerprint density at radius 3 is 2.69 bits per heavy atom. The summed E-state index contributed by atoms with van der Waals surface area (Å²) in [5.74, 6) is 1.77. The number of hydrogen-bond donors (Lipinski definition) is 1. The number of benzene rings is 1. The van der Waals surface area contributed by atoms with Gasteiger partial charge in [-0.2, -0.15) is 0 Å². The number of amides is 1. The predicted octanol–water partition coefficient (Wildman–Crippen LogP) is 4.22. The van der Waals surface area contributed by atoms with Crippen LogP contribution < -0.4 is 5.32 Å². The van der Waals surface area contributed by atoms with Gasteiger partial charge >= 0.3 is 0 Å². The molecule has 2 fully saturated rings. The van der Waals surface area contributed by atoms with Gasteiger partial charge in [0.15, 0.2) is 0 Å². The smallest absolute Gasteiger partial charge is 0.225 e. The average molecular weight is 422 g/mol. The van der Waals surface area contributed by atoms with E-state index in [0.29, 0.717) is 6.42 Å². The molecule has 0 bridgehead atoms. The van der Waals surface area contributed by atoms with Crippen LogP contribution in [0.5, 0.6) is 0 Å². The highest BCUT2D eigenvalue weighted by Crippen LogP contribution is 2.23. The minimum absolute atomic E-state index is 0.101. The van der Waals surface area contributed by atoms with Crippen molar-refractivity contribution in [1.82, 2.24) is 9.80 Å². The number of para-hydroxylation sites is 1. The zero-order chi connectivity index (χ0) is 18.4. The number of rotatable bonds is 6. The van der Waals surface area contributed by atoms with E-state index in [4.69, 9.17) is 0 Å². The Labute approximate surface area is 166 Å². The third kappa shape index (κ3) is 6.07. The van der Waals surface area contributed by atoms with E-state index < -0.39 is 0 Å². The molecule has 2 heterocycles. The second-order valence-corrected chi connectivity index (χ2v) is 8.92. The number of likely N-dealkylation sites (tertiary alicyclic amines) is 2. The van der Waals surface area contributed by atoms with Gasteiger partial charge in [-0.25, -0.2) is 0 Å². The lowest BCUT2D eigenvalue weighted by molar-refractivity contribution is -0.116. The molecule has 1 amide bonds. The molecule has 2 saturated heterocycles. The fraction of sp³-hybridized carbons (Fsp3) is 0.667. The first-order valence-electron chi connectivity index (χ1n) is 10.1. The van der Waals surface area contributed by atoms with E-state index in [2.05, 4.69) is 38.0 Å². The van der Waals surface area contributed by atoms with E-state index in [1.807, 2.05) is 24.3 Å². The number of nitrogens with one attached hydrogen (secondary N) is 1. The average Bonchev–Trinajstić information content (AvgIpc) is 2.64. The third-order valence-corrected chi connectivity index (χ3v) is 6.49. The molecule has 3 rings (SSSR count). The summed E-state index contributed by atoms with van der Waals surface area (Å²) in [6.07, 6.45) is 5.87. The van der Waals surface area contributed by atoms with Crippen LogP contribution in [0.2, 0.25) is 0 Å². The summed E-state index contributed by atoms with van der Waals surface area (Å²) in [7, 11) is 0. The number of carbonyl (C=O) groups is 1. The van der Waals surface area contributed by atoms with Crippen LogP contribution in [0.4, 0.5) is 5.69 Å². The molecule has 1 aromatic rings. The summed E-state index contributed by atoms with van der Waals surface area (Å²) >= 11 is 3.48. The van der Waals surface area contributed by atoms with Gasteiger partial charge in [0.2, 0.25) is 5.91 Å². The lowest BCUT2D eigenvalue weighted by Gasteiger charge is -2.37. The molecular formula is C21H32BrN3O. The van der Waals surface area contributed by atoms with Crippen LogP contribution in [-0.2, 0) is 4.79 Å². The van der Waals surface area contributed by atoms with Crippen LogP contribution in [0.25, 0.3) is 0 Å². The van der Waals surface area contributed by atoms with Gasteiger partial charge in [0.25, 0.3) is 0 Å². The Hall–Kier alpha value is -0.910. The van der Waals surface area contributed by atoms with Crippen molar-refractivity contribution in [2.45, 2.75) is 39.0 Å². The van der Waals surface area contributed by atoms with Gasteiger partial charge in [0, 0.05) is 30.5 Å². The second kappa shape index (κ2) is 9.86. The predicted molar refractivity (Wildman–Crippen MR) is 111 cm³/mol. The minimum Gasteiger partial charge on any atom is -0.325 e. The summed E-state index contributed by atoms with van der Waals surface area (Å²) in [6, 6.07) is 7.78. The summed E-state index contributed by atoms with van der Waals surface area (Å²) in [4.78, 5) is 17.4. The molecule has 4 nitrogen and oxygen atoms in total. The van der Waals surface area contributed by atoms with Crippen LogP contribution in [0.1, 0.15) is 39.0 Å². The largest absolute Gasteiger partial charge is 0.325 e. The Balaban J connectivity index is 1.39. The van der Waals surface area contributed by atoms with E-state index >= 15 is 0 Å². The molecule has 0 aromatic heterocycles. The molecule has 0 aliphatic carbocycles. The fourth-order valence-electron chi connectivity index (χ4n) is 4.15. The monoisotopic (exact) mass is 421 g/mol. The molecule has 1 N–H and O–H groups in total. The van der Waals surface area contributed by atoms with Gasteiger partial charge in [-0.3, -0.25) is 4.79 Å². The Kier molecular flexibility index (Phi) is 7.52. The summed E-state index contributed by atoms with van der Waals surface area (Å²) in [5, 5.41) is 3.01. The van der Waals surface area contributed by atoms with Gasteiger partial charge in [-0.15, -0.1) is 0 Å². The van der Waals surface area contributed by atoms with Crippen LogP contribution in [0.3, 0.4) is 0 Å². The maximum atomic E-state index is 12.3. The van der Waals surface area contributed by atoms with Gasteiger partial charge < -0.3 is 15.1 Å². The SMILES string of the molecule is CC1CCN(CC2CCCN(CCC(=O)Nc3ccccc3Br)C2)CC1. The van der Waals surface area contributed by atoms with Crippen molar-refractivity contribution >= 4 is 27.5 Å². The maximum absolute atomic E-state index is 12.3. The molecule has 1 unspecified atom stereocenters. The number of hydrogen-bond acceptors (Lipinski definition) is 3. The normalized spacial score (nSPS) is 23.1. The van der Waals surface area contributed by atoms with Crippen LogP contribution in [-0.4, -0.2) is 55.0 Å². The number of anilines is 1. The van der Waals surface area contributed by atoms with Gasteiger partial charge in [0.05, 0.1) is 5.69 Å². The second-order valence-electron chi connectivity index (χ2n) is 8.07. The molecule has 5 heteroatoms. The van der Waals surface area contributed by atoms with E-state index in [1.165, 1.54) is 45.3 Å². The first-order chi connectivity index (χ1) is 12.6. The highest BCUT2D eigenvalue weighted by Gasteiger charge is 2.24. The first-order valence-corrected chi connectivity index (χ1v) is 10.9. The highest BCUT2D eigenvalue weighted by molar-refractivity contribution is 9.10. The van der Waals surface area contributed by atoms with Crippen molar-refractivity contribution in [2.75, 3.05) is 44.6 Å². The number of nitrogens with zero attached hydrogens (tertiary/aromatic N) is 2. The summed E-state index contributed by atoms with van der Waals surface area (Å²) < 4.78 is 0.933. The molecule has 0 radical (unpaired) electrons. The topological polar surface area (TPSA) is 35.6 Å². The quantitative estimate of drug-likeness (QED) is 0.746. The standard InChI is InChI=1S/C21H32BrN3O/c1-17-8-12-25(13-9-17)16-18-5-4-11-24(15-18)14-10-21(26)23-20-7-3-2-6-19(20)22/h2-3,6-7,17-18H,4-5,8-16H2,1H3,(H,23,26). The van der Waals surface area contributed by atoms with E-state index in [-0.39, 0.29) is 5.91 Å². The molecular weight excluding hydrogens is 390 g/mol. The maximum Gasteiger partial charge on any atom is 0.225 e. The molecule has 2 aliphatic heterocycles. The molecule has 1 aromatic carbocycles. The van der Waals surface area contributed by atoms with Crippen LogP contribution in [0, 0.1) is 11.8 Å². The molecule has 1 atom stereocenters.